The zero-order valence-corrected chi connectivity index (χ0v) is 18.7. The van der Waals surface area contributed by atoms with Gasteiger partial charge in [0.1, 0.15) is 0 Å². The van der Waals surface area contributed by atoms with Gasteiger partial charge in [-0.05, 0) is 117 Å². The molecule has 2 heteroatoms. The second-order valence-electron chi connectivity index (χ2n) is 12.0. The van der Waals surface area contributed by atoms with Crippen LogP contribution in [0.4, 0.5) is 0 Å². The first kappa shape index (κ1) is 20.3. The molecule has 162 valence electrons. The molecule has 2 nitrogen and oxygen atoms in total. The van der Waals surface area contributed by atoms with Gasteiger partial charge in [-0.25, -0.2) is 0 Å². The second-order valence-corrected chi connectivity index (χ2v) is 12.0. The van der Waals surface area contributed by atoms with Gasteiger partial charge in [0.2, 0.25) is 0 Å². The highest BCUT2D eigenvalue weighted by Crippen LogP contribution is 2.67. The highest BCUT2D eigenvalue weighted by molar-refractivity contribution is 5.25. The minimum absolute atomic E-state index is 0.106. The summed E-state index contributed by atoms with van der Waals surface area (Å²) >= 11 is 0. The first-order valence-electron chi connectivity index (χ1n) is 12.5. The zero-order valence-electron chi connectivity index (χ0n) is 18.7. The Hall–Kier alpha value is -0.600. The molecule has 5 rings (SSSR count). The van der Waals surface area contributed by atoms with Crippen LogP contribution in [0.25, 0.3) is 0 Å². The average Bonchev–Trinajstić information content (AvgIpc) is 3.32. The molecular weight excluding hydrogens is 356 g/mol. The van der Waals surface area contributed by atoms with E-state index >= 15 is 0 Å². The third-order valence-corrected chi connectivity index (χ3v) is 10.7. The lowest BCUT2D eigenvalue weighted by molar-refractivity contribution is -0.0560. The number of hydrogen-bond donors (Lipinski definition) is 2. The van der Waals surface area contributed by atoms with Crippen molar-refractivity contribution < 1.29 is 10.2 Å². The molecule has 29 heavy (non-hydrogen) atoms. The van der Waals surface area contributed by atoms with Crippen LogP contribution in [0.3, 0.4) is 0 Å². The molecule has 0 saturated heterocycles. The minimum atomic E-state index is -0.331. The lowest BCUT2D eigenvalue weighted by Gasteiger charge is -2.58. The Bertz CT molecular complexity index is 691. The second kappa shape index (κ2) is 6.95. The van der Waals surface area contributed by atoms with E-state index in [-0.39, 0.29) is 11.7 Å². The number of rotatable bonds is 5. The van der Waals surface area contributed by atoms with Gasteiger partial charge in [0.25, 0.3) is 0 Å². The van der Waals surface area contributed by atoms with Gasteiger partial charge in [-0.2, -0.15) is 0 Å². The molecule has 0 radical (unpaired) electrons. The quantitative estimate of drug-likeness (QED) is 0.555. The summed E-state index contributed by atoms with van der Waals surface area (Å²) in [5.74, 6) is 3.82. The van der Waals surface area contributed by atoms with E-state index in [4.69, 9.17) is 0 Å². The van der Waals surface area contributed by atoms with E-state index in [0.29, 0.717) is 16.7 Å². The maximum atomic E-state index is 10.4. The molecule has 0 aliphatic heterocycles. The highest BCUT2D eigenvalue weighted by Gasteiger charge is 2.59. The molecule has 0 aromatic heterocycles. The van der Waals surface area contributed by atoms with Crippen molar-refractivity contribution in [3.8, 4) is 0 Å². The van der Waals surface area contributed by atoms with Crippen LogP contribution in [0.2, 0.25) is 0 Å². The van der Waals surface area contributed by atoms with E-state index < -0.39 is 0 Å². The Morgan fingerprint density at radius 2 is 1.90 bits per heavy atom. The van der Waals surface area contributed by atoms with E-state index in [1.54, 1.807) is 5.57 Å². The first-order chi connectivity index (χ1) is 13.8. The molecule has 0 spiro atoms. The fourth-order valence-electron chi connectivity index (χ4n) is 8.70. The van der Waals surface area contributed by atoms with Crippen LogP contribution in [0.5, 0.6) is 0 Å². The predicted octanol–water partition coefficient (Wildman–Crippen LogP) is 6.03. The first-order valence-corrected chi connectivity index (χ1v) is 12.5. The van der Waals surface area contributed by atoms with Crippen LogP contribution in [0, 0.1) is 40.4 Å². The summed E-state index contributed by atoms with van der Waals surface area (Å²) in [7, 11) is 0. The summed E-state index contributed by atoms with van der Waals surface area (Å²) in [4.78, 5) is 0. The van der Waals surface area contributed by atoms with Crippen LogP contribution in [-0.4, -0.2) is 21.9 Å². The van der Waals surface area contributed by atoms with Crippen molar-refractivity contribution in [2.45, 2.75) is 103 Å². The molecule has 5 aliphatic rings. The van der Waals surface area contributed by atoms with Crippen molar-refractivity contribution in [1.29, 1.82) is 0 Å². The summed E-state index contributed by atoms with van der Waals surface area (Å²) in [5, 5.41) is 20.6. The molecular formula is C27H42O2. The number of fused-ring (bicyclic) bond motifs is 5. The van der Waals surface area contributed by atoms with Gasteiger partial charge in [0.15, 0.2) is 0 Å². The van der Waals surface area contributed by atoms with E-state index in [1.165, 1.54) is 38.5 Å². The lowest BCUT2D eigenvalue weighted by atomic mass is 9.47. The van der Waals surface area contributed by atoms with E-state index in [9.17, 15) is 10.2 Å². The third kappa shape index (κ3) is 3.19. The molecule has 0 aromatic carbocycles. The van der Waals surface area contributed by atoms with Crippen molar-refractivity contribution >= 4 is 0 Å². The van der Waals surface area contributed by atoms with Crippen molar-refractivity contribution in [3.63, 3.8) is 0 Å². The SMILES string of the molecule is C=CC(CCC1(O)CC1)C1CCC2C3CC=C4CC(O)CCC4(C)C3CCC12C. The molecule has 4 saturated carbocycles. The Balaban J connectivity index is 1.36. The number of aliphatic hydroxyl groups is 2. The van der Waals surface area contributed by atoms with E-state index in [2.05, 4.69) is 32.6 Å². The number of allylic oxidation sites excluding steroid dienone is 2. The summed E-state index contributed by atoms with van der Waals surface area (Å²) < 4.78 is 0. The summed E-state index contributed by atoms with van der Waals surface area (Å²) in [6.45, 7) is 9.37. The van der Waals surface area contributed by atoms with Crippen molar-refractivity contribution in [1.82, 2.24) is 0 Å². The van der Waals surface area contributed by atoms with E-state index in [0.717, 1.165) is 62.2 Å². The van der Waals surface area contributed by atoms with Gasteiger partial charge in [-0.1, -0.05) is 31.6 Å². The Morgan fingerprint density at radius 3 is 2.62 bits per heavy atom. The molecule has 0 amide bonds. The molecule has 4 fully saturated rings. The van der Waals surface area contributed by atoms with Gasteiger partial charge < -0.3 is 10.2 Å². The van der Waals surface area contributed by atoms with Crippen molar-refractivity contribution in [2.75, 3.05) is 0 Å². The summed E-state index contributed by atoms with van der Waals surface area (Å²) in [6, 6.07) is 0. The highest BCUT2D eigenvalue weighted by atomic mass is 16.3. The average molecular weight is 399 g/mol. The minimum Gasteiger partial charge on any atom is -0.393 e. The third-order valence-electron chi connectivity index (χ3n) is 10.7. The summed E-state index contributed by atoms with van der Waals surface area (Å²) in [6.07, 6.45) is 18.6. The fraction of sp³-hybridized carbons (Fsp3) is 0.852. The largest absolute Gasteiger partial charge is 0.393 e. The standard InChI is InChI=1S/C27H42O2/c1-4-18(9-14-27(29)15-16-27)22-7-8-23-21-6-5-19-17-20(28)10-12-25(19,2)24(21)11-13-26(22,23)3/h4-5,18,20-24,28-29H,1,6-17H2,2-3H3. The predicted molar refractivity (Wildman–Crippen MR) is 118 cm³/mol. The molecule has 0 bridgehead atoms. The Kier molecular flexibility index (Phi) is 4.87. The maximum Gasteiger partial charge on any atom is 0.0650 e. The molecule has 0 aromatic rings. The van der Waals surface area contributed by atoms with E-state index in [1.807, 2.05) is 0 Å². The van der Waals surface area contributed by atoms with Crippen LogP contribution >= 0.6 is 0 Å². The van der Waals surface area contributed by atoms with Crippen LogP contribution < -0.4 is 0 Å². The monoisotopic (exact) mass is 398 g/mol. The molecule has 2 N–H and O–H groups in total. The molecule has 8 unspecified atom stereocenters. The van der Waals surface area contributed by atoms with Crippen LogP contribution in [0.15, 0.2) is 24.3 Å². The van der Waals surface area contributed by atoms with Crippen molar-refractivity contribution in [3.05, 3.63) is 24.3 Å². The number of hydrogen-bond acceptors (Lipinski definition) is 2. The normalized spacial score (nSPS) is 48.7. The molecule has 8 atom stereocenters. The zero-order chi connectivity index (χ0) is 20.4. The maximum absolute atomic E-state index is 10.4. The van der Waals surface area contributed by atoms with Gasteiger partial charge >= 0.3 is 0 Å². The smallest absolute Gasteiger partial charge is 0.0650 e. The Labute approximate surface area is 177 Å². The topological polar surface area (TPSA) is 40.5 Å². The van der Waals surface area contributed by atoms with Gasteiger partial charge in [-0.3, -0.25) is 0 Å². The van der Waals surface area contributed by atoms with Crippen LogP contribution in [0.1, 0.15) is 90.9 Å². The summed E-state index contributed by atoms with van der Waals surface area (Å²) in [5.41, 5.74) is 2.04. The number of aliphatic hydroxyl groups excluding tert-OH is 1. The van der Waals surface area contributed by atoms with Crippen LogP contribution in [-0.2, 0) is 0 Å². The molecule has 0 heterocycles. The van der Waals surface area contributed by atoms with Gasteiger partial charge in [-0.15, -0.1) is 6.58 Å². The Morgan fingerprint density at radius 1 is 1.10 bits per heavy atom. The van der Waals surface area contributed by atoms with Gasteiger partial charge in [0, 0.05) is 0 Å². The van der Waals surface area contributed by atoms with Crippen molar-refractivity contribution in [2.24, 2.45) is 40.4 Å². The van der Waals surface area contributed by atoms with Gasteiger partial charge in [0.05, 0.1) is 11.7 Å². The fourth-order valence-corrected chi connectivity index (χ4v) is 8.70. The lowest BCUT2D eigenvalue weighted by Crippen LogP contribution is -2.50. The molecule has 5 aliphatic carbocycles.